The van der Waals surface area contributed by atoms with Crippen molar-refractivity contribution in [3.05, 3.63) is 24.5 Å². The third-order valence-corrected chi connectivity index (χ3v) is 1.95. The molecular formula is C10H12F2N2OS. The maximum Gasteiger partial charge on any atom is 0.317 e. The number of H-pyrrole nitrogens is 1. The average molecular weight is 246 g/mol. The minimum atomic E-state index is -2.04. The van der Waals surface area contributed by atoms with Gasteiger partial charge in [-0.3, -0.25) is 0 Å². The van der Waals surface area contributed by atoms with Crippen LogP contribution in [0.4, 0.5) is 8.28 Å². The van der Waals surface area contributed by atoms with Crippen molar-refractivity contribution in [3.63, 3.8) is 0 Å². The van der Waals surface area contributed by atoms with Gasteiger partial charge in [-0.05, 0) is 12.1 Å². The van der Waals surface area contributed by atoms with Crippen molar-refractivity contribution in [1.29, 1.82) is 0 Å². The van der Waals surface area contributed by atoms with E-state index in [1.165, 1.54) is 6.20 Å². The molecule has 2 heterocycles. The van der Waals surface area contributed by atoms with Crippen LogP contribution in [0.25, 0.3) is 10.9 Å². The lowest BCUT2D eigenvalue weighted by Crippen LogP contribution is -2.04. The van der Waals surface area contributed by atoms with Crippen molar-refractivity contribution >= 4 is 23.1 Å². The molecular weight excluding hydrogens is 234 g/mol. The Morgan fingerprint density at radius 1 is 1.44 bits per heavy atom. The number of pyridine rings is 1. The number of aromatic nitrogens is 2. The van der Waals surface area contributed by atoms with Gasteiger partial charge < -0.3 is 9.72 Å². The fraction of sp³-hybridized carbons (Fsp3) is 0.300. The normalized spacial score (nSPS) is 11.8. The quantitative estimate of drug-likeness (QED) is 0.836. The minimum Gasteiger partial charge on any atom is -0.431 e. The first-order valence-corrected chi connectivity index (χ1v) is 5.59. The molecule has 0 saturated heterocycles. The van der Waals surface area contributed by atoms with Crippen LogP contribution in [0.3, 0.4) is 0 Å². The van der Waals surface area contributed by atoms with E-state index in [2.05, 4.69) is 14.7 Å². The molecule has 16 heavy (non-hydrogen) atoms. The molecule has 0 aliphatic rings. The van der Waals surface area contributed by atoms with E-state index in [0.717, 1.165) is 5.52 Å². The van der Waals surface area contributed by atoms with Gasteiger partial charge in [0.15, 0.2) is 0 Å². The van der Waals surface area contributed by atoms with Gasteiger partial charge in [0, 0.05) is 12.4 Å². The molecule has 2 rings (SSSR count). The highest BCUT2D eigenvalue weighted by Gasteiger charge is 2.12. The van der Waals surface area contributed by atoms with E-state index in [9.17, 15) is 8.28 Å². The summed E-state index contributed by atoms with van der Waals surface area (Å²) in [6.07, 6.45) is 3.14. The zero-order chi connectivity index (χ0) is 12.0. The summed E-state index contributed by atoms with van der Waals surface area (Å²) in [5, 5.41) is 0.629. The Labute approximate surface area is 96.5 Å². The second-order valence-corrected chi connectivity index (χ2v) is 3.09. The highest BCUT2D eigenvalue weighted by atomic mass is 32.2. The summed E-state index contributed by atoms with van der Waals surface area (Å²) in [5.41, 5.74) is -1.27. The maximum absolute atomic E-state index is 12.6. The summed E-state index contributed by atoms with van der Waals surface area (Å²) in [6.45, 7) is 4.00. The molecule has 0 spiro atoms. The van der Waals surface area contributed by atoms with E-state index in [1.807, 2.05) is 13.8 Å². The van der Waals surface area contributed by atoms with Gasteiger partial charge in [-0.1, -0.05) is 13.8 Å². The molecule has 2 aromatic rings. The van der Waals surface area contributed by atoms with Crippen molar-refractivity contribution < 1.29 is 13.0 Å². The lowest BCUT2D eigenvalue weighted by molar-refractivity contribution is 0.147. The van der Waals surface area contributed by atoms with Crippen LogP contribution in [0, 0.1) is 0 Å². The number of rotatable bonds is 3. The molecule has 3 nitrogen and oxygen atoms in total. The largest absolute Gasteiger partial charge is 0.431 e. The number of fused-ring (bicyclic) bond motifs is 1. The number of alkyl halides is 1. The molecule has 0 aromatic carbocycles. The predicted molar refractivity (Wildman–Crippen MR) is 61.7 cm³/mol. The van der Waals surface area contributed by atoms with Gasteiger partial charge in [0.1, 0.15) is 12.1 Å². The Morgan fingerprint density at radius 3 is 2.88 bits per heavy atom. The highest BCUT2D eigenvalue weighted by Crippen LogP contribution is 2.25. The van der Waals surface area contributed by atoms with E-state index in [1.54, 1.807) is 18.3 Å². The van der Waals surface area contributed by atoms with E-state index >= 15 is 0 Å². The maximum atomic E-state index is 12.6. The topological polar surface area (TPSA) is 37.9 Å². The molecule has 0 fully saturated rings. The molecule has 88 valence electrons. The van der Waals surface area contributed by atoms with E-state index < -0.39 is 17.8 Å². The summed E-state index contributed by atoms with van der Waals surface area (Å²) in [7, 11) is 0. The van der Waals surface area contributed by atoms with Crippen molar-refractivity contribution in [2.75, 3.05) is 0 Å². The Morgan fingerprint density at radius 2 is 2.19 bits per heavy atom. The number of nitrogens with one attached hydrogen (secondary N) is 1. The van der Waals surface area contributed by atoms with Crippen molar-refractivity contribution in [2.45, 2.75) is 19.5 Å². The third-order valence-electron chi connectivity index (χ3n) is 1.72. The predicted octanol–water partition coefficient (Wildman–Crippen LogP) is 3.84. The molecule has 0 aliphatic heterocycles. The number of nitrogens with zero attached hydrogens (tertiary/aromatic N) is 1. The fourth-order valence-electron chi connectivity index (χ4n) is 1.16. The zero-order valence-corrected chi connectivity index (χ0v) is 9.72. The molecule has 0 aliphatic carbocycles. The third kappa shape index (κ3) is 2.85. The lowest BCUT2D eigenvalue weighted by Gasteiger charge is -2.05. The summed E-state index contributed by atoms with van der Waals surface area (Å²) < 4.78 is 29.0. The SMILES string of the molecule is CC.FSC(F)Oc1nccc2[nH]ccc12. The molecule has 0 radical (unpaired) electrons. The number of hydrogen-bond donors (Lipinski definition) is 1. The highest BCUT2D eigenvalue weighted by molar-refractivity contribution is 7.94. The van der Waals surface area contributed by atoms with Crippen LogP contribution in [-0.4, -0.2) is 15.7 Å². The fourth-order valence-corrected chi connectivity index (χ4v) is 1.28. The van der Waals surface area contributed by atoms with Crippen LogP contribution in [-0.2, 0) is 0 Å². The minimum absolute atomic E-state index is 0.0846. The molecule has 6 heteroatoms. The molecule has 1 N–H and O–H groups in total. The second-order valence-electron chi connectivity index (χ2n) is 2.54. The molecule has 1 unspecified atom stereocenters. The van der Waals surface area contributed by atoms with Gasteiger partial charge in [0.25, 0.3) is 0 Å². The van der Waals surface area contributed by atoms with Crippen molar-refractivity contribution in [2.24, 2.45) is 0 Å². The number of halogens is 2. The Balaban J connectivity index is 0.000000606. The van der Waals surface area contributed by atoms with Gasteiger partial charge in [-0.2, -0.15) is 8.28 Å². The first-order chi connectivity index (χ1) is 7.81. The monoisotopic (exact) mass is 246 g/mol. The first kappa shape index (κ1) is 12.8. The van der Waals surface area contributed by atoms with Crippen molar-refractivity contribution in [1.82, 2.24) is 9.97 Å². The summed E-state index contributed by atoms with van der Waals surface area (Å²) in [5.74, 6) is 0.0846. The number of aromatic amines is 1. The van der Waals surface area contributed by atoms with Gasteiger partial charge >= 0.3 is 5.69 Å². The molecule has 0 saturated carbocycles. The average Bonchev–Trinajstić information content (AvgIpc) is 2.81. The van der Waals surface area contributed by atoms with Gasteiger partial charge in [-0.25, -0.2) is 4.98 Å². The molecule has 1 atom stereocenters. The van der Waals surface area contributed by atoms with Gasteiger partial charge in [-0.15, -0.1) is 0 Å². The zero-order valence-electron chi connectivity index (χ0n) is 8.91. The van der Waals surface area contributed by atoms with E-state index in [0.29, 0.717) is 5.39 Å². The molecule has 2 aromatic heterocycles. The van der Waals surface area contributed by atoms with Crippen LogP contribution < -0.4 is 4.74 Å². The van der Waals surface area contributed by atoms with Crippen LogP contribution in [0.2, 0.25) is 0 Å². The Kier molecular flexibility index (Phi) is 5.04. The van der Waals surface area contributed by atoms with E-state index in [-0.39, 0.29) is 5.88 Å². The van der Waals surface area contributed by atoms with Gasteiger partial charge in [0.2, 0.25) is 5.88 Å². The standard InChI is InChI=1S/C8H6F2N2OS.C2H6/c9-8(14-10)13-7-5-1-3-11-6(5)2-4-12-7;1-2/h1-4,8,11H;1-2H3. The summed E-state index contributed by atoms with van der Waals surface area (Å²) in [6, 6.07) is 3.41. The second kappa shape index (κ2) is 6.32. The van der Waals surface area contributed by atoms with E-state index in [4.69, 9.17) is 0 Å². The molecule has 0 bridgehead atoms. The number of hydrogen-bond acceptors (Lipinski definition) is 3. The summed E-state index contributed by atoms with van der Waals surface area (Å²) in [4.78, 5) is 6.71. The van der Waals surface area contributed by atoms with Crippen LogP contribution in [0.1, 0.15) is 13.8 Å². The lowest BCUT2D eigenvalue weighted by atomic mass is 10.3. The first-order valence-electron chi connectivity index (χ1n) is 4.81. The number of ether oxygens (including phenoxy) is 1. The Hall–Kier alpha value is -1.30. The van der Waals surface area contributed by atoms with Crippen molar-refractivity contribution in [3.8, 4) is 5.88 Å². The van der Waals surface area contributed by atoms with Crippen LogP contribution >= 0.6 is 12.1 Å². The smallest absolute Gasteiger partial charge is 0.317 e. The summed E-state index contributed by atoms with van der Waals surface area (Å²) >= 11 is -0.508. The van der Waals surface area contributed by atoms with Crippen LogP contribution in [0.15, 0.2) is 24.5 Å². The molecule has 0 amide bonds. The van der Waals surface area contributed by atoms with Crippen LogP contribution in [0.5, 0.6) is 5.88 Å². The Bertz CT molecular complexity index is 435. The van der Waals surface area contributed by atoms with Gasteiger partial charge in [0.05, 0.1) is 10.9 Å².